The van der Waals surface area contributed by atoms with Gasteiger partial charge in [0.05, 0.1) is 0 Å². The van der Waals surface area contributed by atoms with E-state index in [1.165, 1.54) is 0 Å². The van der Waals surface area contributed by atoms with E-state index < -0.39 is 0 Å². The monoisotopic (exact) mass is 322 g/mol. The van der Waals surface area contributed by atoms with Crippen molar-refractivity contribution >= 4 is 23.2 Å². The molecule has 4 nitrogen and oxygen atoms in total. The molecular formula is C20H22N2O2. The number of anilines is 2. The van der Waals surface area contributed by atoms with Crippen LogP contribution < -0.4 is 10.6 Å². The van der Waals surface area contributed by atoms with Gasteiger partial charge < -0.3 is 10.6 Å². The summed E-state index contributed by atoms with van der Waals surface area (Å²) in [6.45, 7) is 1.98. The van der Waals surface area contributed by atoms with Gasteiger partial charge in [0.15, 0.2) is 0 Å². The minimum Gasteiger partial charge on any atom is -0.326 e. The summed E-state index contributed by atoms with van der Waals surface area (Å²) < 4.78 is 0. The largest absolute Gasteiger partial charge is 0.326 e. The zero-order valence-corrected chi connectivity index (χ0v) is 13.8. The van der Waals surface area contributed by atoms with Crippen molar-refractivity contribution in [1.29, 1.82) is 0 Å². The number of carbonyl (C=O) groups is 2. The molecule has 124 valence electrons. The van der Waals surface area contributed by atoms with Crippen LogP contribution in [0.15, 0.2) is 48.5 Å². The lowest BCUT2D eigenvalue weighted by atomic mass is 10.1. The van der Waals surface area contributed by atoms with Gasteiger partial charge in [-0.05, 0) is 55.7 Å². The molecule has 2 amide bonds. The molecule has 0 atom stereocenters. The first kappa shape index (κ1) is 16.2. The van der Waals surface area contributed by atoms with E-state index in [2.05, 4.69) is 10.6 Å². The van der Waals surface area contributed by atoms with Crippen molar-refractivity contribution in [2.75, 3.05) is 10.6 Å². The van der Waals surface area contributed by atoms with Gasteiger partial charge in [0.25, 0.3) is 5.91 Å². The average molecular weight is 322 g/mol. The minimum atomic E-state index is -0.183. The highest BCUT2D eigenvalue weighted by Crippen LogP contribution is 2.26. The molecule has 4 heteroatoms. The van der Waals surface area contributed by atoms with Crippen LogP contribution >= 0.6 is 0 Å². The number of hydrogen-bond acceptors (Lipinski definition) is 2. The predicted molar refractivity (Wildman–Crippen MR) is 96.2 cm³/mol. The number of rotatable bonds is 4. The quantitative estimate of drug-likeness (QED) is 0.878. The molecule has 1 saturated carbocycles. The van der Waals surface area contributed by atoms with Crippen molar-refractivity contribution in [3.8, 4) is 0 Å². The van der Waals surface area contributed by atoms with Gasteiger partial charge in [-0.3, -0.25) is 9.59 Å². The summed E-state index contributed by atoms with van der Waals surface area (Å²) in [6.07, 6.45) is 4.16. The second-order valence-corrected chi connectivity index (χ2v) is 6.38. The molecule has 0 saturated heterocycles. The molecular weight excluding hydrogens is 300 g/mol. The molecule has 1 aliphatic carbocycles. The Kier molecular flexibility index (Phi) is 4.94. The molecule has 0 spiro atoms. The first-order chi connectivity index (χ1) is 11.6. The van der Waals surface area contributed by atoms with Crippen LogP contribution in [-0.4, -0.2) is 11.8 Å². The van der Waals surface area contributed by atoms with Gasteiger partial charge in [0.2, 0.25) is 5.91 Å². The van der Waals surface area contributed by atoms with Crippen LogP contribution in [0.4, 0.5) is 11.4 Å². The van der Waals surface area contributed by atoms with Gasteiger partial charge in [-0.1, -0.05) is 31.0 Å². The molecule has 2 aromatic rings. The molecule has 0 bridgehead atoms. The minimum absolute atomic E-state index is 0.0590. The number of benzene rings is 2. The summed E-state index contributed by atoms with van der Waals surface area (Å²) in [6, 6.07) is 14.7. The van der Waals surface area contributed by atoms with E-state index >= 15 is 0 Å². The second-order valence-electron chi connectivity index (χ2n) is 6.38. The highest BCUT2D eigenvalue weighted by molar-refractivity contribution is 6.05. The molecule has 0 radical (unpaired) electrons. The molecule has 2 aromatic carbocycles. The zero-order valence-electron chi connectivity index (χ0n) is 13.8. The van der Waals surface area contributed by atoms with Crippen molar-refractivity contribution < 1.29 is 9.59 Å². The maximum atomic E-state index is 12.4. The van der Waals surface area contributed by atoms with Crippen LogP contribution in [0.2, 0.25) is 0 Å². The number of carbonyl (C=O) groups excluding carboxylic acids is 2. The van der Waals surface area contributed by atoms with Crippen LogP contribution in [0.5, 0.6) is 0 Å². The molecule has 3 rings (SSSR count). The Morgan fingerprint density at radius 2 is 1.58 bits per heavy atom. The van der Waals surface area contributed by atoms with E-state index in [1.807, 2.05) is 37.3 Å². The molecule has 24 heavy (non-hydrogen) atoms. The van der Waals surface area contributed by atoms with Crippen LogP contribution in [0, 0.1) is 12.8 Å². The summed E-state index contributed by atoms with van der Waals surface area (Å²) in [7, 11) is 0. The highest BCUT2D eigenvalue weighted by Gasteiger charge is 2.22. The molecule has 0 aliphatic heterocycles. The fraction of sp³-hybridized carbons (Fsp3) is 0.300. The number of aryl methyl sites for hydroxylation is 1. The average Bonchev–Trinajstić information content (AvgIpc) is 3.10. The van der Waals surface area contributed by atoms with Crippen LogP contribution in [-0.2, 0) is 4.79 Å². The van der Waals surface area contributed by atoms with E-state index in [0.717, 1.165) is 36.9 Å². The molecule has 1 fully saturated rings. The van der Waals surface area contributed by atoms with Crippen molar-refractivity contribution in [2.45, 2.75) is 32.6 Å². The topological polar surface area (TPSA) is 58.2 Å². The Morgan fingerprint density at radius 3 is 2.29 bits per heavy atom. The van der Waals surface area contributed by atoms with Gasteiger partial charge >= 0.3 is 0 Å². The van der Waals surface area contributed by atoms with Gasteiger partial charge in [0.1, 0.15) is 0 Å². The van der Waals surface area contributed by atoms with E-state index in [4.69, 9.17) is 0 Å². The normalized spacial score (nSPS) is 14.4. The SMILES string of the molecule is Cc1cccc(NC(=O)c2cccc(NC(=O)C3CCCC3)c2)c1. The fourth-order valence-electron chi connectivity index (χ4n) is 3.10. The van der Waals surface area contributed by atoms with E-state index in [0.29, 0.717) is 11.3 Å². The fourth-order valence-corrected chi connectivity index (χ4v) is 3.10. The predicted octanol–water partition coefficient (Wildman–Crippen LogP) is 4.38. The van der Waals surface area contributed by atoms with E-state index in [1.54, 1.807) is 18.2 Å². The Bertz CT molecular complexity index is 749. The van der Waals surface area contributed by atoms with Crippen molar-refractivity contribution in [3.05, 3.63) is 59.7 Å². The van der Waals surface area contributed by atoms with Crippen LogP contribution in [0.25, 0.3) is 0 Å². The molecule has 0 heterocycles. The zero-order chi connectivity index (χ0) is 16.9. The number of nitrogens with one attached hydrogen (secondary N) is 2. The van der Waals surface area contributed by atoms with Crippen LogP contribution in [0.3, 0.4) is 0 Å². The third kappa shape index (κ3) is 4.02. The molecule has 0 aromatic heterocycles. The Balaban J connectivity index is 1.67. The lowest BCUT2D eigenvalue weighted by Gasteiger charge is -2.11. The number of amides is 2. The van der Waals surface area contributed by atoms with Gasteiger partial charge in [-0.15, -0.1) is 0 Å². The maximum Gasteiger partial charge on any atom is 0.255 e. The summed E-state index contributed by atoms with van der Waals surface area (Å²) in [5, 5.41) is 5.82. The first-order valence-electron chi connectivity index (χ1n) is 8.41. The van der Waals surface area contributed by atoms with E-state index in [-0.39, 0.29) is 17.7 Å². The molecule has 2 N–H and O–H groups in total. The number of hydrogen-bond donors (Lipinski definition) is 2. The van der Waals surface area contributed by atoms with E-state index in [9.17, 15) is 9.59 Å². The Hall–Kier alpha value is -2.62. The van der Waals surface area contributed by atoms with Crippen molar-refractivity contribution in [3.63, 3.8) is 0 Å². The van der Waals surface area contributed by atoms with Gasteiger partial charge in [-0.25, -0.2) is 0 Å². The van der Waals surface area contributed by atoms with Crippen LogP contribution in [0.1, 0.15) is 41.6 Å². The Morgan fingerprint density at radius 1 is 0.917 bits per heavy atom. The highest BCUT2D eigenvalue weighted by atomic mass is 16.2. The molecule has 0 unspecified atom stereocenters. The summed E-state index contributed by atoms with van der Waals surface area (Å²) in [5.74, 6) is -0.0175. The summed E-state index contributed by atoms with van der Waals surface area (Å²) in [4.78, 5) is 24.6. The lowest BCUT2D eigenvalue weighted by Crippen LogP contribution is -2.20. The maximum absolute atomic E-state index is 12.4. The molecule has 1 aliphatic rings. The van der Waals surface area contributed by atoms with Crippen molar-refractivity contribution in [1.82, 2.24) is 0 Å². The second kappa shape index (κ2) is 7.30. The lowest BCUT2D eigenvalue weighted by molar-refractivity contribution is -0.119. The van der Waals surface area contributed by atoms with Gasteiger partial charge in [-0.2, -0.15) is 0 Å². The standard InChI is InChI=1S/C20H22N2O2/c1-14-6-4-10-17(12-14)21-20(24)16-9-5-11-18(13-16)22-19(23)15-7-2-3-8-15/h4-6,9-13,15H,2-3,7-8H2,1H3,(H,21,24)(H,22,23). The third-order valence-electron chi connectivity index (χ3n) is 4.39. The summed E-state index contributed by atoms with van der Waals surface area (Å²) in [5.41, 5.74) is 3.05. The first-order valence-corrected chi connectivity index (χ1v) is 8.41. The smallest absolute Gasteiger partial charge is 0.255 e. The third-order valence-corrected chi connectivity index (χ3v) is 4.39. The van der Waals surface area contributed by atoms with Gasteiger partial charge in [0, 0.05) is 22.9 Å². The Labute approximate surface area is 142 Å². The summed E-state index contributed by atoms with van der Waals surface area (Å²) >= 11 is 0. The van der Waals surface area contributed by atoms with Crippen molar-refractivity contribution in [2.24, 2.45) is 5.92 Å².